The lowest BCUT2D eigenvalue weighted by molar-refractivity contribution is 0.360. The Morgan fingerprint density at radius 1 is 1.23 bits per heavy atom. The molecule has 0 aliphatic rings. The fourth-order valence-electron chi connectivity index (χ4n) is 1.30. The van der Waals surface area contributed by atoms with Gasteiger partial charge in [-0.05, 0) is 49.8 Å². The number of nitrogens with one attached hydrogen (secondary N) is 1. The fourth-order valence-corrected chi connectivity index (χ4v) is 1.90. The van der Waals surface area contributed by atoms with Gasteiger partial charge in [0.15, 0.2) is 0 Å². The predicted molar refractivity (Wildman–Crippen MR) is 64.5 cm³/mol. The van der Waals surface area contributed by atoms with Crippen molar-refractivity contribution < 1.29 is 0 Å². The summed E-state index contributed by atoms with van der Waals surface area (Å²) >= 11 is 1.96. The van der Waals surface area contributed by atoms with Crippen LogP contribution in [0.5, 0.6) is 0 Å². The van der Waals surface area contributed by atoms with Crippen molar-refractivity contribution in [1.82, 2.24) is 5.32 Å². The van der Waals surface area contributed by atoms with Crippen molar-refractivity contribution in [2.75, 3.05) is 25.1 Å². The first-order chi connectivity index (χ1) is 6.22. The van der Waals surface area contributed by atoms with Crippen molar-refractivity contribution in [1.29, 1.82) is 0 Å². The summed E-state index contributed by atoms with van der Waals surface area (Å²) < 4.78 is 0. The second-order valence-corrected chi connectivity index (χ2v) is 4.93. The lowest BCUT2D eigenvalue weighted by atomic mass is 9.93. The Morgan fingerprint density at radius 3 is 2.46 bits per heavy atom. The lowest BCUT2D eigenvalue weighted by Gasteiger charge is -2.19. The van der Waals surface area contributed by atoms with Gasteiger partial charge in [0.2, 0.25) is 0 Å². The molecule has 1 nitrogen and oxygen atoms in total. The van der Waals surface area contributed by atoms with Crippen molar-refractivity contribution in [3.63, 3.8) is 0 Å². The first-order valence-corrected chi connectivity index (χ1v) is 6.81. The van der Waals surface area contributed by atoms with Crippen LogP contribution in [0.25, 0.3) is 0 Å². The highest BCUT2D eigenvalue weighted by Crippen LogP contribution is 2.16. The SMILES string of the molecule is CCCNCC(C)C(C)CCSC. The Bertz CT molecular complexity index is 106. The average molecular weight is 203 g/mol. The molecular formula is C11H25NS. The van der Waals surface area contributed by atoms with E-state index in [0.29, 0.717) is 0 Å². The van der Waals surface area contributed by atoms with Gasteiger partial charge in [-0.1, -0.05) is 20.8 Å². The summed E-state index contributed by atoms with van der Waals surface area (Å²) in [4.78, 5) is 0. The quantitative estimate of drug-likeness (QED) is 0.609. The van der Waals surface area contributed by atoms with Crippen LogP contribution in [0.1, 0.15) is 33.6 Å². The predicted octanol–water partition coefficient (Wildman–Crippen LogP) is 3.01. The normalized spacial score (nSPS) is 15.7. The molecule has 0 amide bonds. The van der Waals surface area contributed by atoms with Crippen molar-refractivity contribution in [2.45, 2.75) is 33.6 Å². The van der Waals surface area contributed by atoms with Gasteiger partial charge in [0, 0.05) is 0 Å². The van der Waals surface area contributed by atoms with Crippen LogP contribution in [0.4, 0.5) is 0 Å². The molecule has 0 saturated carbocycles. The third-order valence-electron chi connectivity index (χ3n) is 2.64. The molecule has 0 aromatic rings. The Labute approximate surface area is 88.1 Å². The Balaban J connectivity index is 3.38. The third-order valence-corrected chi connectivity index (χ3v) is 3.29. The largest absolute Gasteiger partial charge is 0.316 e. The molecule has 0 aliphatic heterocycles. The van der Waals surface area contributed by atoms with Gasteiger partial charge in [0.1, 0.15) is 0 Å². The topological polar surface area (TPSA) is 12.0 Å². The summed E-state index contributed by atoms with van der Waals surface area (Å²) in [6, 6.07) is 0. The van der Waals surface area contributed by atoms with E-state index >= 15 is 0 Å². The summed E-state index contributed by atoms with van der Waals surface area (Å²) in [6.45, 7) is 9.29. The zero-order chi connectivity index (χ0) is 10.1. The van der Waals surface area contributed by atoms with Gasteiger partial charge >= 0.3 is 0 Å². The maximum atomic E-state index is 3.49. The smallest absolute Gasteiger partial charge is 0.00206 e. The molecule has 0 aliphatic carbocycles. The number of rotatable bonds is 8. The van der Waals surface area contributed by atoms with Gasteiger partial charge in [-0.2, -0.15) is 11.8 Å². The standard InChI is InChI=1S/C11H25NS/c1-5-7-12-9-11(3)10(2)6-8-13-4/h10-12H,5-9H2,1-4H3. The van der Waals surface area contributed by atoms with E-state index in [2.05, 4.69) is 32.3 Å². The van der Waals surface area contributed by atoms with E-state index in [9.17, 15) is 0 Å². The number of hydrogen-bond donors (Lipinski definition) is 1. The molecule has 13 heavy (non-hydrogen) atoms. The Morgan fingerprint density at radius 2 is 1.92 bits per heavy atom. The van der Waals surface area contributed by atoms with E-state index < -0.39 is 0 Å². The molecule has 0 saturated heterocycles. The average Bonchev–Trinajstić information content (AvgIpc) is 2.14. The van der Waals surface area contributed by atoms with Gasteiger partial charge in [-0.25, -0.2) is 0 Å². The number of hydrogen-bond acceptors (Lipinski definition) is 2. The summed E-state index contributed by atoms with van der Waals surface area (Å²) in [5.74, 6) is 2.98. The van der Waals surface area contributed by atoms with Gasteiger partial charge in [0.05, 0.1) is 0 Å². The molecule has 80 valence electrons. The highest BCUT2D eigenvalue weighted by atomic mass is 32.2. The minimum Gasteiger partial charge on any atom is -0.316 e. The summed E-state index contributed by atoms with van der Waals surface area (Å²) in [5.41, 5.74) is 0. The van der Waals surface area contributed by atoms with E-state index in [1.54, 1.807) is 0 Å². The highest BCUT2D eigenvalue weighted by molar-refractivity contribution is 7.98. The van der Waals surface area contributed by atoms with Crippen molar-refractivity contribution in [3.8, 4) is 0 Å². The molecule has 1 N–H and O–H groups in total. The molecule has 0 spiro atoms. The Hall–Kier alpha value is 0.310. The molecule has 2 atom stereocenters. The summed E-state index contributed by atoms with van der Waals surface area (Å²) in [6.07, 6.45) is 4.79. The van der Waals surface area contributed by atoms with Crippen LogP contribution in [-0.4, -0.2) is 25.1 Å². The second-order valence-electron chi connectivity index (χ2n) is 3.94. The summed E-state index contributed by atoms with van der Waals surface area (Å²) in [5, 5.41) is 3.49. The van der Waals surface area contributed by atoms with E-state index in [1.165, 1.54) is 31.7 Å². The number of thioether (sulfide) groups is 1. The van der Waals surface area contributed by atoms with Gasteiger partial charge in [-0.15, -0.1) is 0 Å². The van der Waals surface area contributed by atoms with E-state index in [0.717, 1.165) is 11.8 Å². The van der Waals surface area contributed by atoms with Crippen LogP contribution in [-0.2, 0) is 0 Å². The minimum atomic E-state index is 0.818. The van der Waals surface area contributed by atoms with Crippen molar-refractivity contribution in [3.05, 3.63) is 0 Å². The maximum absolute atomic E-state index is 3.49. The molecule has 0 aromatic carbocycles. The zero-order valence-corrected chi connectivity index (χ0v) is 10.4. The maximum Gasteiger partial charge on any atom is -0.00206 e. The molecule has 2 heteroatoms. The van der Waals surface area contributed by atoms with Crippen molar-refractivity contribution >= 4 is 11.8 Å². The Kier molecular flexibility index (Phi) is 9.10. The van der Waals surface area contributed by atoms with Crippen LogP contribution >= 0.6 is 11.8 Å². The molecule has 2 unspecified atom stereocenters. The van der Waals surface area contributed by atoms with Crippen molar-refractivity contribution in [2.24, 2.45) is 11.8 Å². The molecular weight excluding hydrogens is 178 g/mol. The molecule has 0 rings (SSSR count). The molecule has 0 heterocycles. The van der Waals surface area contributed by atoms with Gasteiger partial charge in [-0.3, -0.25) is 0 Å². The van der Waals surface area contributed by atoms with E-state index in [1.807, 2.05) is 11.8 Å². The first-order valence-electron chi connectivity index (χ1n) is 5.42. The first kappa shape index (κ1) is 13.3. The van der Waals surface area contributed by atoms with Crippen LogP contribution in [0.3, 0.4) is 0 Å². The zero-order valence-electron chi connectivity index (χ0n) is 9.60. The van der Waals surface area contributed by atoms with Crippen LogP contribution in [0.15, 0.2) is 0 Å². The van der Waals surface area contributed by atoms with Crippen LogP contribution in [0.2, 0.25) is 0 Å². The second kappa shape index (κ2) is 8.89. The van der Waals surface area contributed by atoms with E-state index in [-0.39, 0.29) is 0 Å². The van der Waals surface area contributed by atoms with Crippen LogP contribution in [0, 0.1) is 11.8 Å². The van der Waals surface area contributed by atoms with Gasteiger partial charge in [0.25, 0.3) is 0 Å². The van der Waals surface area contributed by atoms with Gasteiger partial charge < -0.3 is 5.32 Å². The molecule has 0 radical (unpaired) electrons. The molecule has 0 aromatic heterocycles. The third kappa shape index (κ3) is 7.39. The fraction of sp³-hybridized carbons (Fsp3) is 1.00. The highest BCUT2D eigenvalue weighted by Gasteiger charge is 2.10. The summed E-state index contributed by atoms with van der Waals surface area (Å²) in [7, 11) is 0. The monoisotopic (exact) mass is 203 g/mol. The van der Waals surface area contributed by atoms with Crippen LogP contribution < -0.4 is 5.32 Å². The lowest BCUT2D eigenvalue weighted by Crippen LogP contribution is -2.26. The molecule has 0 bridgehead atoms. The van der Waals surface area contributed by atoms with E-state index in [4.69, 9.17) is 0 Å². The minimum absolute atomic E-state index is 0.818. The molecule has 0 fully saturated rings.